The minimum Gasteiger partial charge on any atom is -0.364 e. The van der Waals surface area contributed by atoms with Crippen molar-refractivity contribution in [1.82, 2.24) is 19.6 Å². The second kappa shape index (κ2) is 5.71. The first-order chi connectivity index (χ1) is 8.72. The van der Waals surface area contributed by atoms with Crippen LogP contribution in [0.4, 0.5) is 5.82 Å². The van der Waals surface area contributed by atoms with Gasteiger partial charge in [-0.25, -0.2) is 0 Å². The largest absolute Gasteiger partial charge is 0.364 e. The van der Waals surface area contributed by atoms with Crippen LogP contribution in [0.3, 0.4) is 0 Å². The van der Waals surface area contributed by atoms with Gasteiger partial charge in [-0.2, -0.15) is 10.2 Å². The zero-order chi connectivity index (χ0) is 13.0. The van der Waals surface area contributed by atoms with Gasteiger partial charge in [-0.1, -0.05) is 6.92 Å². The van der Waals surface area contributed by atoms with E-state index in [0.717, 1.165) is 31.9 Å². The molecule has 0 fully saturated rings. The Morgan fingerprint density at radius 2 is 2.06 bits per heavy atom. The molecule has 5 heteroatoms. The van der Waals surface area contributed by atoms with Gasteiger partial charge < -0.3 is 5.32 Å². The first-order valence-corrected chi connectivity index (χ1v) is 6.52. The molecule has 0 amide bonds. The summed E-state index contributed by atoms with van der Waals surface area (Å²) in [6, 6.07) is 0. The number of nitrogens with zero attached hydrogens (tertiary/aromatic N) is 4. The van der Waals surface area contributed by atoms with E-state index in [0.29, 0.717) is 0 Å². The first kappa shape index (κ1) is 12.7. The van der Waals surface area contributed by atoms with Gasteiger partial charge in [0.15, 0.2) is 5.82 Å². The molecule has 0 spiro atoms. The molecule has 0 aliphatic rings. The van der Waals surface area contributed by atoms with Crippen LogP contribution >= 0.6 is 0 Å². The fourth-order valence-electron chi connectivity index (χ4n) is 1.89. The van der Waals surface area contributed by atoms with Crippen molar-refractivity contribution in [3.8, 4) is 0 Å². The topological polar surface area (TPSA) is 47.7 Å². The van der Waals surface area contributed by atoms with Gasteiger partial charge in [0.2, 0.25) is 0 Å². The highest BCUT2D eigenvalue weighted by atomic mass is 15.3. The molecule has 0 aliphatic heterocycles. The number of aromatic nitrogens is 4. The Bertz CT molecular complexity index is 497. The van der Waals surface area contributed by atoms with Crippen molar-refractivity contribution in [1.29, 1.82) is 0 Å². The Labute approximate surface area is 108 Å². The van der Waals surface area contributed by atoms with E-state index in [1.54, 1.807) is 0 Å². The van der Waals surface area contributed by atoms with Crippen molar-refractivity contribution in [2.75, 3.05) is 5.32 Å². The molecule has 0 unspecified atom stereocenters. The molecule has 98 valence electrons. The maximum atomic E-state index is 4.46. The SMILES string of the molecule is CCCn1cc(CNc2nn(CC)cc2C)cn1. The molecule has 5 nitrogen and oxygen atoms in total. The predicted molar refractivity (Wildman–Crippen MR) is 72.5 cm³/mol. The van der Waals surface area contributed by atoms with Crippen molar-refractivity contribution in [3.05, 3.63) is 29.7 Å². The number of aryl methyl sites for hydroxylation is 3. The van der Waals surface area contributed by atoms with Crippen molar-refractivity contribution in [2.45, 2.75) is 46.8 Å². The van der Waals surface area contributed by atoms with E-state index in [9.17, 15) is 0 Å². The number of nitrogens with one attached hydrogen (secondary N) is 1. The Balaban J connectivity index is 1.95. The molecule has 18 heavy (non-hydrogen) atoms. The van der Waals surface area contributed by atoms with Crippen LogP contribution < -0.4 is 5.32 Å². The lowest BCUT2D eigenvalue weighted by molar-refractivity contribution is 0.602. The highest BCUT2D eigenvalue weighted by Crippen LogP contribution is 2.12. The quantitative estimate of drug-likeness (QED) is 0.853. The van der Waals surface area contributed by atoms with Crippen LogP contribution in [-0.4, -0.2) is 19.6 Å². The summed E-state index contributed by atoms with van der Waals surface area (Å²) in [4.78, 5) is 0. The lowest BCUT2D eigenvalue weighted by atomic mass is 10.3. The molecule has 0 saturated heterocycles. The van der Waals surface area contributed by atoms with Crippen LogP contribution in [0.15, 0.2) is 18.6 Å². The molecular formula is C13H21N5. The fourth-order valence-corrected chi connectivity index (χ4v) is 1.89. The van der Waals surface area contributed by atoms with Gasteiger partial charge in [0.05, 0.1) is 6.20 Å². The van der Waals surface area contributed by atoms with E-state index in [4.69, 9.17) is 0 Å². The lowest BCUT2D eigenvalue weighted by Crippen LogP contribution is -2.02. The standard InChI is InChI=1S/C13H21N5/c1-4-6-18-10-12(8-15-18)7-14-13-11(3)9-17(5-2)16-13/h8-10H,4-7H2,1-3H3,(H,14,16). The summed E-state index contributed by atoms with van der Waals surface area (Å²) in [6.45, 7) is 8.96. The Morgan fingerprint density at radius 1 is 1.22 bits per heavy atom. The third-order valence-corrected chi connectivity index (χ3v) is 2.87. The Morgan fingerprint density at radius 3 is 2.72 bits per heavy atom. The minimum atomic E-state index is 0.769. The van der Waals surface area contributed by atoms with E-state index in [1.165, 1.54) is 11.1 Å². The predicted octanol–water partition coefficient (Wildman–Crippen LogP) is 2.43. The van der Waals surface area contributed by atoms with E-state index in [-0.39, 0.29) is 0 Å². The summed E-state index contributed by atoms with van der Waals surface area (Å²) >= 11 is 0. The summed E-state index contributed by atoms with van der Waals surface area (Å²) in [5.41, 5.74) is 2.37. The van der Waals surface area contributed by atoms with Crippen LogP contribution in [0, 0.1) is 6.92 Å². The zero-order valence-electron chi connectivity index (χ0n) is 11.3. The van der Waals surface area contributed by atoms with Crippen molar-refractivity contribution in [2.24, 2.45) is 0 Å². The van der Waals surface area contributed by atoms with Gasteiger partial charge in [0, 0.05) is 43.2 Å². The second-order valence-corrected chi connectivity index (χ2v) is 4.48. The molecule has 0 atom stereocenters. The maximum absolute atomic E-state index is 4.46. The normalized spacial score (nSPS) is 10.8. The van der Waals surface area contributed by atoms with Crippen molar-refractivity contribution in [3.63, 3.8) is 0 Å². The molecule has 0 aromatic carbocycles. The van der Waals surface area contributed by atoms with Gasteiger partial charge >= 0.3 is 0 Å². The summed E-state index contributed by atoms with van der Waals surface area (Å²) in [5, 5.41) is 12.1. The van der Waals surface area contributed by atoms with E-state index in [2.05, 4.69) is 48.7 Å². The van der Waals surface area contributed by atoms with Crippen LogP contribution in [0.25, 0.3) is 0 Å². The molecule has 0 saturated carbocycles. The van der Waals surface area contributed by atoms with Crippen molar-refractivity contribution >= 4 is 5.82 Å². The average molecular weight is 247 g/mol. The molecular weight excluding hydrogens is 226 g/mol. The molecule has 0 aliphatic carbocycles. The number of anilines is 1. The number of hydrogen-bond donors (Lipinski definition) is 1. The second-order valence-electron chi connectivity index (χ2n) is 4.48. The molecule has 1 N–H and O–H groups in total. The molecule has 0 bridgehead atoms. The monoisotopic (exact) mass is 247 g/mol. The molecule has 2 rings (SSSR count). The summed E-state index contributed by atoms with van der Waals surface area (Å²) in [5.74, 6) is 0.958. The zero-order valence-corrected chi connectivity index (χ0v) is 11.3. The van der Waals surface area contributed by atoms with E-state index >= 15 is 0 Å². The summed E-state index contributed by atoms with van der Waals surface area (Å²) in [7, 11) is 0. The van der Waals surface area contributed by atoms with Gasteiger partial charge in [-0.3, -0.25) is 9.36 Å². The summed E-state index contributed by atoms with van der Waals surface area (Å²) < 4.78 is 3.92. The molecule has 2 aromatic heterocycles. The summed E-state index contributed by atoms with van der Waals surface area (Å²) in [6.07, 6.45) is 7.16. The molecule has 2 aromatic rings. The lowest BCUT2D eigenvalue weighted by Gasteiger charge is -2.01. The third kappa shape index (κ3) is 2.91. The van der Waals surface area contributed by atoms with Crippen LogP contribution in [0.5, 0.6) is 0 Å². The Hall–Kier alpha value is -1.78. The van der Waals surface area contributed by atoms with Crippen LogP contribution in [0.2, 0.25) is 0 Å². The average Bonchev–Trinajstić information content (AvgIpc) is 2.94. The molecule has 2 heterocycles. The van der Waals surface area contributed by atoms with Gasteiger partial charge in [-0.15, -0.1) is 0 Å². The van der Waals surface area contributed by atoms with Crippen LogP contribution in [0.1, 0.15) is 31.4 Å². The highest BCUT2D eigenvalue weighted by molar-refractivity contribution is 5.42. The third-order valence-electron chi connectivity index (χ3n) is 2.87. The van der Waals surface area contributed by atoms with Gasteiger partial charge in [0.25, 0.3) is 0 Å². The highest BCUT2D eigenvalue weighted by Gasteiger charge is 2.04. The minimum absolute atomic E-state index is 0.769. The van der Waals surface area contributed by atoms with Crippen molar-refractivity contribution < 1.29 is 0 Å². The molecule has 0 radical (unpaired) electrons. The van der Waals surface area contributed by atoms with E-state index < -0.39 is 0 Å². The van der Waals surface area contributed by atoms with Gasteiger partial charge in [0.1, 0.15) is 0 Å². The smallest absolute Gasteiger partial charge is 0.151 e. The number of rotatable bonds is 6. The first-order valence-electron chi connectivity index (χ1n) is 6.52. The van der Waals surface area contributed by atoms with Crippen LogP contribution in [-0.2, 0) is 19.6 Å². The maximum Gasteiger partial charge on any atom is 0.151 e. The number of hydrogen-bond acceptors (Lipinski definition) is 3. The Kier molecular flexibility index (Phi) is 4.02. The van der Waals surface area contributed by atoms with E-state index in [1.807, 2.05) is 15.6 Å². The van der Waals surface area contributed by atoms with Gasteiger partial charge in [-0.05, 0) is 20.3 Å². The fraction of sp³-hybridized carbons (Fsp3) is 0.538.